The van der Waals surface area contributed by atoms with E-state index in [9.17, 15) is 4.79 Å². The van der Waals surface area contributed by atoms with Crippen molar-refractivity contribution in [1.29, 1.82) is 0 Å². The van der Waals surface area contributed by atoms with Crippen LogP contribution in [0.1, 0.15) is 50.5 Å². The van der Waals surface area contributed by atoms with Crippen molar-refractivity contribution in [3.05, 3.63) is 27.7 Å². The van der Waals surface area contributed by atoms with Crippen LogP contribution in [-0.2, 0) is 5.41 Å². The highest BCUT2D eigenvalue weighted by Gasteiger charge is 2.24. The first kappa shape index (κ1) is 17.0. The van der Waals surface area contributed by atoms with Gasteiger partial charge in [0.2, 0.25) is 0 Å². The van der Waals surface area contributed by atoms with Gasteiger partial charge in [-0.2, -0.15) is 0 Å². The number of halogens is 1. The van der Waals surface area contributed by atoms with Crippen molar-refractivity contribution in [3.8, 4) is 5.75 Å². The molecule has 0 aliphatic carbocycles. The van der Waals surface area contributed by atoms with Crippen LogP contribution in [0, 0.1) is 0 Å². The van der Waals surface area contributed by atoms with Gasteiger partial charge in [-0.15, -0.1) is 0 Å². The fraction of sp³-hybridized carbons (Fsp3) is 0.562. The molecule has 0 heterocycles. The molecule has 0 atom stereocenters. The Hall–Kier alpha value is -1.03. The Morgan fingerprint density at radius 2 is 1.80 bits per heavy atom. The van der Waals surface area contributed by atoms with Crippen LogP contribution >= 0.6 is 15.9 Å². The summed E-state index contributed by atoms with van der Waals surface area (Å²) in [7, 11) is 1.59. The molecule has 0 fully saturated rings. The summed E-state index contributed by atoms with van der Waals surface area (Å²) < 4.78 is 6.23. The lowest BCUT2D eigenvalue weighted by atomic mass is 9.86. The van der Waals surface area contributed by atoms with Gasteiger partial charge in [0.25, 0.3) is 5.91 Å². The van der Waals surface area contributed by atoms with E-state index in [4.69, 9.17) is 4.74 Å². The standard InChI is InChI=1S/C16H24BrNO2/c1-7-18(8-2)15(19)12-9-11(16(3,4)5)10-13(17)14(12)20-6/h9-10H,7-8H2,1-6H3. The number of benzene rings is 1. The van der Waals surface area contributed by atoms with Crippen LogP contribution in [0.5, 0.6) is 5.75 Å². The van der Waals surface area contributed by atoms with Crippen molar-refractivity contribution in [3.63, 3.8) is 0 Å². The maximum Gasteiger partial charge on any atom is 0.257 e. The molecule has 1 aromatic rings. The predicted molar refractivity (Wildman–Crippen MR) is 86.6 cm³/mol. The number of methoxy groups -OCH3 is 1. The minimum absolute atomic E-state index is 0.0126. The highest BCUT2D eigenvalue weighted by Crippen LogP contribution is 2.35. The normalized spacial score (nSPS) is 11.3. The highest BCUT2D eigenvalue weighted by atomic mass is 79.9. The molecule has 0 aliphatic rings. The lowest BCUT2D eigenvalue weighted by Crippen LogP contribution is -2.31. The van der Waals surface area contributed by atoms with Crippen molar-refractivity contribution in [2.24, 2.45) is 0 Å². The van der Waals surface area contributed by atoms with Crippen LogP contribution in [0.4, 0.5) is 0 Å². The summed E-state index contributed by atoms with van der Waals surface area (Å²) in [6.45, 7) is 11.7. The molecule has 0 spiro atoms. The van der Waals surface area contributed by atoms with Gasteiger partial charge in [-0.25, -0.2) is 0 Å². The quantitative estimate of drug-likeness (QED) is 0.819. The third kappa shape index (κ3) is 3.54. The first-order valence-corrected chi connectivity index (χ1v) is 7.72. The second kappa shape index (κ2) is 6.61. The van der Waals surface area contributed by atoms with Gasteiger partial charge in [0.15, 0.2) is 0 Å². The topological polar surface area (TPSA) is 29.5 Å². The molecule has 0 aliphatic heterocycles. The van der Waals surface area contributed by atoms with Gasteiger partial charge < -0.3 is 9.64 Å². The average Bonchev–Trinajstić information content (AvgIpc) is 2.37. The highest BCUT2D eigenvalue weighted by molar-refractivity contribution is 9.10. The van der Waals surface area contributed by atoms with E-state index in [1.54, 1.807) is 12.0 Å². The zero-order chi connectivity index (χ0) is 15.5. The van der Waals surface area contributed by atoms with Crippen LogP contribution in [0.25, 0.3) is 0 Å². The fourth-order valence-corrected chi connectivity index (χ4v) is 2.70. The number of nitrogens with zero attached hydrogens (tertiary/aromatic N) is 1. The Balaban J connectivity index is 3.43. The first-order valence-electron chi connectivity index (χ1n) is 6.93. The van der Waals surface area contributed by atoms with E-state index >= 15 is 0 Å². The first-order chi connectivity index (χ1) is 9.26. The number of carbonyl (C=O) groups is 1. The van der Waals surface area contributed by atoms with Crippen LogP contribution in [-0.4, -0.2) is 31.0 Å². The molecular weight excluding hydrogens is 318 g/mol. The number of carbonyl (C=O) groups excluding carboxylic acids is 1. The third-order valence-corrected chi connectivity index (χ3v) is 3.98. The Kier molecular flexibility index (Phi) is 5.63. The maximum absolute atomic E-state index is 12.6. The summed E-state index contributed by atoms with van der Waals surface area (Å²) in [5.41, 5.74) is 1.71. The number of amides is 1. The molecule has 112 valence electrons. The van der Waals surface area contributed by atoms with Crippen molar-refractivity contribution >= 4 is 21.8 Å². The molecular formula is C16H24BrNO2. The molecule has 3 nitrogen and oxygen atoms in total. The molecule has 0 bridgehead atoms. The molecule has 0 saturated carbocycles. The van der Waals surface area contributed by atoms with Crippen LogP contribution in [0.2, 0.25) is 0 Å². The molecule has 1 rings (SSSR count). The molecule has 0 unspecified atom stereocenters. The number of hydrogen-bond donors (Lipinski definition) is 0. The van der Waals surface area contributed by atoms with Gasteiger partial charge >= 0.3 is 0 Å². The summed E-state index contributed by atoms with van der Waals surface area (Å²) in [5.74, 6) is 0.619. The van der Waals surface area contributed by atoms with Crippen molar-refractivity contribution < 1.29 is 9.53 Å². The summed E-state index contributed by atoms with van der Waals surface area (Å²) in [5, 5.41) is 0. The van der Waals surface area contributed by atoms with E-state index in [1.165, 1.54) is 0 Å². The SMILES string of the molecule is CCN(CC)C(=O)c1cc(C(C)(C)C)cc(Br)c1OC. The fourth-order valence-electron chi connectivity index (χ4n) is 2.07. The summed E-state index contributed by atoms with van der Waals surface area (Å²) >= 11 is 3.52. The molecule has 0 radical (unpaired) electrons. The van der Waals surface area contributed by atoms with Crippen LogP contribution in [0.15, 0.2) is 16.6 Å². The van der Waals surface area contributed by atoms with E-state index in [-0.39, 0.29) is 11.3 Å². The molecule has 1 amide bonds. The molecule has 0 saturated heterocycles. The molecule has 4 heteroatoms. The van der Waals surface area contributed by atoms with Crippen molar-refractivity contribution in [2.75, 3.05) is 20.2 Å². The molecule has 1 aromatic carbocycles. The number of hydrogen-bond acceptors (Lipinski definition) is 2. The average molecular weight is 342 g/mol. The summed E-state index contributed by atoms with van der Waals surface area (Å²) in [6.07, 6.45) is 0. The summed E-state index contributed by atoms with van der Waals surface area (Å²) in [6, 6.07) is 3.97. The van der Waals surface area contributed by atoms with Crippen LogP contribution < -0.4 is 4.74 Å². The number of ether oxygens (including phenoxy) is 1. The second-order valence-electron chi connectivity index (χ2n) is 5.77. The molecule has 20 heavy (non-hydrogen) atoms. The second-order valence-corrected chi connectivity index (χ2v) is 6.62. The largest absolute Gasteiger partial charge is 0.495 e. The zero-order valence-electron chi connectivity index (χ0n) is 13.2. The minimum atomic E-state index is -0.0208. The Morgan fingerprint density at radius 1 is 1.25 bits per heavy atom. The van der Waals surface area contributed by atoms with E-state index in [0.717, 1.165) is 10.0 Å². The lowest BCUT2D eigenvalue weighted by molar-refractivity contribution is 0.0769. The number of rotatable bonds is 4. The smallest absolute Gasteiger partial charge is 0.257 e. The van der Waals surface area contributed by atoms with Gasteiger partial charge in [-0.05, 0) is 52.9 Å². The summed E-state index contributed by atoms with van der Waals surface area (Å²) in [4.78, 5) is 14.4. The predicted octanol–water partition coefficient (Wildman–Crippen LogP) is 4.24. The third-order valence-electron chi connectivity index (χ3n) is 3.39. The van der Waals surface area contributed by atoms with Crippen molar-refractivity contribution in [2.45, 2.75) is 40.0 Å². The van der Waals surface area contributed by atoms with Gasteiger partial charge in [-0.3, -0.25) is 4.79 Å². The minimum Gasteiger partial charge on any atom is -0.495 e. The maximum atomic E-state index is 12.6. The molecule has 0 N–H and O–H groups in total. The van der Waals surface area contributed by atoms with E-state index in [1.807, 2.05) is 26.0 Å². The zero-order valence-corrected chi connectivity index (χ0v) is 14.8. The van der Waals surface area contributed by atoms with E-state index < -0.39 is 0 Å². The lowest BCUT2D eigenvalue weighted by Gasteiger charge is -2.24. The van der Waals surface area contributed by atoms with Gasteiger partial charge in [-0.1, -0.05) is 20.8 Å². The Morgan fingerprint density at radius 3 is 2.20 bits per heavy atom. The van der Waals surface area contributed by atoms with E-state index in [0.29, 0.717) is 24.4 Å². The monoisotopic (exact) mass is 341 g/mol. The van der Waals surface area contributed by atoms with Crippen molar-refractivity contribution in [1.82, 2.24) is 4.90 Å². The van der Waals surface area contributed by atoms with Gasteiger partial charge in [0.1, 0.15) is 5.75 Å². The molecule has 0 aromatic heterocycles. The Labute approximate surface area is 130 Å². The Bertz CT molecular complexity index is 488. The van der Waals surface area contributed by atoms with Gasteiger partial charge in [0, 0.05) is 13.1 Å². The van der Waals surface area contributed by atoms with Gasteiger partial charge in [0.05, 0.1) is 17.1 Å². The van der Waals surface area contributed by atoms with Crippen LogP contribution in [0.3, 0.4) is 0 Å². The van der Waals surface area contributed by atoms with E-state index in [2.05, 4.69) is 36.7 Å².